The standard InChI is InChI=1S/C25H31F2N3O4S/c1-17-8-4-5-9-19(17)15-29(18(2)25(32)28-20-10-6-7-11-20)24(31)16-30(35(3,33)34)21-12-13-22(26)23(27)14-21/h4-5,8-9,12-14,18,20H,6-7,10-11,15-16H2,1-3H3,(H,28,32). The van der Waals surface area contributed by atoms with Crippen LogP contribution in [0.2, 0.25) is 0 Å². The molecule has 2 aromatic carbocycles. The zero-order valence-electron chi connectivity index (χ0n) is 20.1. The number of hydrogen-bond acceptors (Lipinski definition) is 4. The molecule has 10 heteroatoms. The van der Waals surface area contributed by atoms with Gasteiger partial charge >= 0.3 is 0 Å². The molecule has 35 heavy (non-hydrogen) atoms. The molecule has 1 aliphatic carbocycles. The van der Waals surface area contributed by atoms with Gasteiger partial charge in [-0.25, -0.2) is 17.2 Å². The summed E-state index contributed by atoms with van der Waals surface area (Å²) in [5.74, 6) is -3.33. The Hall–Kier alpha value is -3.01. The molecular formula is C25H31F2N3O4S. The van der Waals surface area contributed by atoms with Crippen LogP contribution in [0.15, 0.2) is 42.5 Å². The van der Waals surface area contributed by atoms with Crippen LogP contribution in [-0.2, 0) is 26.2 Å². The van der Waals surface area contributed by atoms with E-state index in [-0.39, 0.29) is 24.2 Å². The minimum absolute atomic E-state index is 0.0510. The summed E-state index contributed by atoms with van der Waals surface area (Å²) in [6.07, 6.45) is 4.69. The summed E-state index contributed by atoms with van der Waals surface area (Å²) in [6, 6.07) is 9.18. The smallest absolute Gasteiger partial charge is 0.244 e. The average Bonchev–Trinajstić information content (AvgIpc) is 3.30. The largest absolute Gasteiger partial charge is 0.352 e. The predicted octanol–water partition coefficient (Wildman–Crippen LogP) is 3.52. The van der Waals surface area contributed by atoms with Gasteiger partial charge < -0.3 is 10.2 Å². The molecule has 0 heterocycles. The molecule has 190 valence electrons. The molecule has 0 bridgehead atoms. The predicted molar refractivity (Wildman–Crippen MR) is 130 cm³/mol. The molecule has 1 fully saturated rings. The maximum atomic E-state index is 13.8. The van der Waals surface area contributed by atoms with E-state index >= 15 is 0 Å². The summed E-state index contributed by atoms with van der Waals surface area (Å²) in [5, 5.41) is 2.99. The van der Waals surface area contributed by atoms with Crippen molar-refractivity contribution in [2.45, 2.75) is 58.2 Å². The second-order valence-electron chi connectivity index (χ2n) is 8.98. The highest BCUT2D eigenvalue weighted by molar-refractivity contribution is 7.92. The molecule has 3 rings (SSSR count). The van der Waals surface area contributed by atoms with Crippen LogP contribution >= 0.6 is 0 Å². The number of halogens is 2. The van der Waals surface area contributed by atoms with Gasteiger partial charge in [0.1, 0.15) is 12.6 Å². The van der Waals surface area contributed by atoms with Crippen LogP contribution in [-0.4, -0.2) is 50.0 Å². The summed E-state index contributed by atoms with van der Waals surface area (Å²) >= 11 is 0. The van der Waals surface area contributed by atoms with E-state index in [1.165, 1.54) is 4.90 Å². The summed E-state index contributed by atoms with van der Waals surface area (Å²) in [7, 11) is -4.03. The van der Waals surface area contributed by atoms with E-state index in [9.17, 15) is 26.8 Å². The molecule has 0 aromatic heterocycles. The lowest BCUT2D eigenvalue weighted by Gasteiger charge is -2.32. The Bertz CT molecular complexity index is 1180. The van der Waals surface area contributed by atoms with Gasteiger partial charge in [0.2, 0.25) is 21.8 Å². The molecule has 0 aliphatic heterocycles. The van der Waals surface area contributed by atoms with Gasteiger partial charge in [-0.3, -0.25) is 13.9 Å². The third kappa shape index (κ3) is 6.78. The highest BCUT2D eigenvalue weighted by atomic mass is 32.2. The normalized spacial score (nSPS) is 15.0. The number of amides is 2. The molecule has 1 N–H and O–H groups in total. The van der Waals surface area contributed by atoms with Crippen LogP contribution in [0.25, 0.3) is 0 Å². The van der Waals surface area contributed by atoms with Crippen molar-refractivity contribution in [2.24, 2.45) is 0 Å². The molecule has 2 amide bonds. The number of rotatable bonds is 9. The second kappa shape index (κ2) is 11.2. The average molecular weight is 508 g/mol. The summed E-state index contributed by atoms with van der Waals surface area (Å²) < 4.78 is 53.0. The first-order chi connectivity index (χ1) is 16.5. The molecule has 0 spiro atoms. The Kier molecular flexibility index (Phi) is 8.47. The number of nitrogens with one attached hydrogen (secondary N) is 1. The van der Waals surface area contributed by atoms with Crippen LogP contribution in [0.4, 0.5) is 14.5 Å². The first kappa shape index (κ1) is 26.6. The third-order valence-electron chi connectivity index (χ3n) is 6.34. The van der Waals surface area contributed by atoms with Gasteiger partial charge in [-0.2, -0.15) is 0 Å². The molecule has 0 saturated heterocycles. The van der Waals surface area contributed by atoms with E-state index in [4.69, 9.17) is 0 Å². The summed E-state index contributed by atoms with van der Waals surface area (Å²) in [6.45, 7) is 2.89. The van der Waals surface area contributed by atoms with Crippen molar-refractivity contribution in [3.63, 3.8) is 0 Å². The third-order valence-corrected chi connectivity index (χ3v) is 7.48. The van der Waals surface area contributed by atoms with Gasteiger partial charge in [-0.15, -0.1) is 0 Å². The quantitative estimate of drug-likeness (QED) is 0.563. The SMILES string of the molecule is Cc1ccccc1CN(C(=O)CN(c1ccc(F)c(F)c1)S(C)(=O)=O)C(C)C(=O)NC1CCCC1. The van der Waals surface area contributed by atoms with Crippen molar-refractivity contribution >= 4 is 27.5 Å². The number of nitrogens with zero attached hydrogens (tertiary/aromatic N) is 2. The Balaban J connectivity index is 1.90. The van der Waals surface area contributed by atoms with Gasteiger partial charge in [-0.05, 0) is 49.9 Å². The lowest BCUT2D eigenvalue weighted by atomic mass is 10.1. The number of sulfonamides is 1. The first-order valence-corrected chi connectivity index (χ1v) is 13.4. The maximum Gasteiger partial charge on any atom is 0.244 e. The Morgan fingerprint density at radius 1 is 1.09 bits per heavy atom. The van der Waals surface area contributed by atoms with E-state index in [0.717, 1.165) is 61.3 Å². The molecular weight excluding hydrogens is 476 g/mol. The van der Waals surface area contributed by atoms with E-state index < -0.39 is 40.2 Å². The van der Waals surface area contributed by atoms with Gasteiger partial charge in [0.25, 0.3) is 0 Å². The maximum absolute atomic E-state index is 13.8. The minimum atomic E-state index is -4.03. The summed E-state index contributed by atoms with van der Waals surface area (Å²) in [5.41, 5.74) is 1.54. The van der Waals surface area contributed by atoms with Crippen molar-refractivity contribution in [1.82, 2.24) is 10.2 Å². The minimum Gasteiger partial charge on any atom is -0.352 e. The molecule has 1 saturated carbocycles. The molecule has 1 aliphatic rings. The Morgan fingerprint density at radius 3 is 2.34 bits per heavy atom. The number of carbonyl (C=O) groups is 2. The van der Waals surface area contributed by atoms with E-state index in [1.54, 1.807) is 6.92 Å². The van der Waals surface area contributed by atoms with Gasteiger partial charge in [0.15, 0.2) is 11.6 Å². The highest BCUT2D eigenvalue weighted by Gasteiger charge is 2.31. The highest BCUT2D eigenvalue weighted by Crippen LogP contribution is 2.22. The zero-order chi connectivity index (χ0) is 25.8. The lowest BCUT2D eigenvalue weighted by Crippen LogP contribution is -2.52. The van der Waals surface area contributed by atoms with Crippen LogP contribution < -0.4 is 9.62 Å². The lowest BCUT2D eigenvalue weighted by molar-refractivity contribution is -0.139. The van der Waals surface area contributed by atoms with Gasteiger partial charge in [0.05, 0.1) is 11.9 Å². The zero-order valence-corrected chi connectivity index (χ0v) is 20.9. The van der Waals surface area contributed by atoms with E-state index in [2.05, 4.69) is 5.32 Å². The number of aryl methyl sites for hydroxylation is 1. The topological polar surface area (TPSA) is 86.8 Å². The fraction of sp³-hybridized carbons (Fsp3) is 0.440. The van der Waals surface area contributed by atoms with E-state index in [1.807, 2.05) is 31.2 Å². The molecule has 7 nitrogen and oxygen atoms in total. The fourth-order valence-corrected chi connectivity index (χ4v) is 5.04. The second-order valence-corrected chi connectivity index (χ2v) is 10.9. The molecule has 2 aromatic rings. The van der Waals surface area contributed by atoms with Crippen LogP contribution in [0.3, 0.4) is 0 Å². The molecule has 1 atom stereocenters. The summed E-state index contributed by atoms with van der Waals surface area (Å²) in [4.78, 5) is 27.8. The molecule has 1 unspecified atom stereocenters. The number of carbonyl (C=O) groups excluding carboxylic acids is 2. The fourth-order valence-electron chi connectivity index (χ4n) is 4.20. The first-order valence-electron chi connectivity index (χ1n) is 11.5. The van der Waals surface area contributed by atoms with Crippen molar-refractivity contribution in [3.8, 4) is 0 Å². The Labute approximate surface area is 205 Å². The van der Waals surface area contributed by atoms with Crippen molar-refractivity contribution in [3.05, 3.63) is 65.2 Å². The van der Waals surface area contributed by atoms with E-state index in [0.29, 0.717) is 4.31 Å². The number of anilines is 1. The van der Waals surface area contributed by atoms with Gasteiger partial charge in [0, 0.05) is 18.7 Å². The molecule has 0 radical (unpaired) electrons. The van der Waals surface area contributed by atoms with Crippen LogP contribution in [0.1, 0.15) is 43.7 Å². The van der Waals surface area contributed by atoms with Crippen molar-refractivity contribution in [2.75, 3.05) is 17.1 Å². The van der Waals surface area contributed by atoms with Crippen LogP contribution in [0.5, 0.6) is 0 Å². The van der Waals surface area contributed by atoms with Crippen molar-refractivity contribution in [1.29, 1.82) is 0 Å². The number of hydrogen-bond donors (Lipinski definition) is 1. The van der Waals surface area contributed by atoms with Crippen molar-refractivity contribution < 1.29 is 26.8 Å². The Morgan fingerprint density at radius 2 is 1.74 bits per heavy atom. The monoisotopic (exact) mass is 507 g/mol. The van der Waals surface area contributed by atoms with Gasteiger partial charge in [-0.1, -0.05) is 37.1 Å². The van der Waals surface area contributed by atoms with Crippen LogP contribution in [0, 0.1) is 18.6 Å². The number of benzene rings is 2.